The first-order chi connectivity index (χ1) is 15.1. The molecule has 2 fully saturated rings. The zero-order chi connectivity index (χ0) is 21.4. The molecule has 162 valence electrons. The van der Waals surface area contributed by atoms with E-state index in [-0.39, 0.29) is 11.7 Å². The Kier molecular flexibility index (Phi) is 5.36. The monoisotopic (exact) mass is 420 g/mol. The third kappa shape index (κ3) is 3.78. The van der Waals surface area contributed by atoms with E-state index in [4.69, 9.17) is 14.5 Å². The molecule has 1 aliphatic heterocycles. The van der Waals surface area contributed by atoms with Crippen LogP contribution in [0.1, 0.15) is 32.1 Å². The fourth-order valence-corrected chi connectivity index (χ4v) is 4.55. The van der Waals surface area contributed by atoms with Gasteiger partial charge >= 0.3 is 0 Å². The molecule has 0 N–H and O–H groups in total. The van der Waals surface area contributed by atoms with E-state index in [9.17, 15) is 4.79 Å². The van der Waals surface area contributed by atoms with E-state index < -0.39 is 0 Å². The van der Waals surface area contributed by atoms with E-state index >= 15 is 0 Å². The number of methoxy groups -OCH3 is 1. The lowest BCUT2D eigenvalue weighted by atomic mass is 9.90. The highest BCUT2D eigenvalue weighted by Gasteiger charge is 2.29. The number of hydrogen-bond acceptors (Lipinski definition) is 6. The minimum atomic E-state index is -0.113. The molecule has 2 aliphatic rings. The SMILES string of the molecule is COc1cccc2c(=O)n(C)c(-c3ccc(OC4CCN(C5CCC5)CC4)nc3)nc12. The summed E-state index contributed by atoms with van der Waals surface area (Å²) in [4.78, 5) is 24.7. The summed E-state index contributed by atoms with van der Waals surface area (Å²) in [7, 11) is 3.31. The molecule has 2 aromatic heterocycles. The first-order valence-corrected chi connectivity index (χ1v) is 11.0. The number of piperidine rings is 1. The molecule has 1 saturated carbocycles. The van der Waals surface area contributed by atoms with Gasteiger partial charge in [-0.05, 0) is 43.9 Å². The number of hydrogen-bond donors (Lipinski definition) is 0. The topological polar surface area (TPSA) is 69.5 Å². The highest BCUT2D eigenvalue weighted by Crippen LogP contribution is 2.29. The van der Waals surface area contributed by atoms with Crippen molar-refractivity contribution in [3.63, 3.8) is 0 Å². The van der Waals surface area contributed by atoms with Gasteiger partial charge in [-0.2, -0.15) is 0 Å². The van der Waals surface area contributed by atoms with Crippen LogP contribution in [0.25, 0.3) is 22.3 Å². The average molecular weight is 421 g/mol. The number of pyridine rings is 1. The Morgan fingerprint density at radius 1 is 1.06 bits per heavy atom. The summed E-state index contributed by atoms with van der Waals surface area (Å²) in [6.45, 7) is 2.22. The van der Waals surface area contributed by atoms with Crippen LogP contribution in [0.3, 0.4) is 0 Å². The van der Waals surface area contributed by atoms with Crippen molar-refractivity contribution >= 4 is 10.9 Å². The van der Waals surface area contributed by atoms with Crippen molar-refractivity contribution in [2.24, 2.45) is 7.05 Å². The first kappa shape index (κ1) is 20.0. The van der Waals surface area contributed by atoms with E-state index in [1.54, 1.807) is 37.1 Å². The number of ether oxygens (including phenoxy) is 2. The number of benzene rings is 1. The second-order valence-corrected chi connectivity index (χ2v) is 8.48. The Balaban J connectivity index is 1.34. The Hall–Kier alpha value is -2.93. The molecule has 3 heterocycles. The lowest BCUT2D eigenvalue weighted by molar-refractivity contribution is 0.0475. The van der Waals surface area contributed by atoms with Gasteiger partial charge in [0.2, 0.25) is 5.88 Å². The van der Waals surface area contributed by atoms with Crippen molar-refractivity contribution in [2.45, 2.75) is 44.2 Å². The number of fused-ring (bicyclic) bond motifs is 1. The van der Waals surface area contributed by atoms with Gasteiger partial charge in [-0.25, -0.2) is 9.97 Å². The van der Waals surface area contributed by atoms with Crippen LogP contribution in [0.4, 0.5) is 0 Å². The molecule has 31 heavy (non-hydrogen) atoms. The van der Waals surface area contributed by atoms with E-state index in [0.717, 1.165) is 37.5 Å². The van der Waals surface area contributed by atoms with Gasteiger partial charge in [0.1, 0.15) is 23.2 Å². The van der Waals surface area contributed by atoms with Crippen molar-refractivity contribution in [1.29, 1.82) is 0 Å². The number of para-hydroxylation sites is 1. The molecule has 1 saturated heterocycles. The minimum Gasteiger partial charge on any atom is -0.494 e. The van der Waals surface area contributed by atoms with Gasteiger partial charge in [0, 0.05) is 44.0 Å². The van der Waals surface area contributed by atoms with Crippen LogP contribution in [-0.2, 0) is 7.05 Å². The third-order valence-electron chi connectivity index (χ3n) is 6.64. The molecule has 0 unspecified atom stereocenters. The second kappa shape index (κ2) is 8.30. The van der Waals surface area contributed by atoms with Crippen LogP contribution in [0.2, 0.25) is 0 Å². The summed E-state index contributed by atoms with van der Waals surface area (Å²) >= 11 is 0. The van der Waals surface area contributed by atoms with Gasteiger partial charge in [-0.15, -0.1) is 0 Å². The summed E-state index contributed by atoms with van der Waals surface area (Å²) in [6.07, 6.45) is 8.10. The number of nitrogens with zero attached hydrogens (tertiary/aromatic N) is 4. The van der Waals surface area contributed by atoms with Crippen molar-refractivity contribution in [1.82, 2.24) is 19.4 Å². The van der Waals surface area contributed by atoms with E-state index in [1.807, 2.05) is 18.2 Å². The van der Waals surface area contributed by atoms with Crippen LogP contribution < -0.4 is 15.0 Å². The molecular formula is C24H28N4O3. The predicted molar refractivity (Wildman–Crippen MR) is 120 cm³/mol. The number of aromatic nitrogens is 3. The van der Waals surface area contributed by atoms with E-state index in [2.05, 4.69) is 9.88 Å². The van der Waals surface area contributed by atoms with Gasteiger partial charge < -0.3 is 14.4 Å². The Morgan fingerprint density at radius 3 is 2.52 bits per heavy atom. The van der Waals surface area contributed by atoms with Gasteiger partial charge in [-0.3, -0.25) is 9.36 Å². The lowest BCUT2D eigenvalue weighted by Gasteiger charge is -2.41. The van der Waals surface area contributed by atoms with Gasteiger partial charge in [0.25, 0.3) is 5.56 Å². The fraction of sp³-hybridized carbons (Fsp3) is 0.458. The van der Waals surface area contributed by atoms with Gasteiger partial charge in [-0.1, -0.05) is 12.5 Å². The lowest BCUT2D eigenvalue weighted by Crippen LogP contribution is -2.46. The van der Waals surface area contributed by atoms with Crippen molar-refractivity contribution < 1.29 is 9.47 Å². The van der Waals surface area contributed by atoms with Crippen LogP contribution in [0, 0.1) is 0 Å². The molecule has 7 nitrogen and oxygen atoms in total. The van der Waals surface area contributed by atoms with E-state index in [0.29, 0.717) is 28.4 Å². The smallest absolute Gasteiger partial charge is 0.261 e. The molecule has 7 heteroatoms. The zero-order valence-electron chi connectivity index (χ0n) is 18.1. The van der Waals surface area contributed by atoms with Crippen LogP contribution >= 0.6 is 0 Å². The summed E-state index contributed by atoms with van der Waals surface area (Å²) in [5.41, 5.74) is 1.21. The molecule has 1 aromatic carbocycles. The summed E-state index contributed by atoms with van der Waals surface area (Å²) in [5.74, 6) is 1.75. The van der Waals surface area contributed by atoms with Crippen molar-refractivity contribution in [3.05, 3.63) is 46.9 Å². The largest absolute Gasteiger partial charge is 0.494 e. The molecule has 3 aromatic rings. The van der Waals surface area contributed by atoms with Crippen molar-refractivity contribution in [2.75, 3.05) is 20.2 Å². The Morgan fingerprint density at radius 2 is 1.87 bits per heavy atom. The van der Waals surface area contributed by atoms with Gasteiger partial charge in [0.15, 0.2) is 0 Å². The molecule has 5 rings (SSSR count). The molecule has 0 amide bonds. The standard InChI is InChI=1S/C24H28N4O3/c1-27-23(26-22-19(24(27)29)7-4-8-20(22)30-2)16-9-10-21(25-15-16)31-18-11-13-28(14-12-18)17-5-3-6-17/h4,7-10,15,17-18H,3,5-6,11-14H2,1-2H3. The molecule has 0 atom stereocenters. The highest BCUT2D eigenvalue weighted by molar-refractivity contribution is 5.85. The predicted octanol–water partition coefficient (Wildman–Crippen LogP) is 3.40. The quantitative estimate of drug-likeness (QED) is 0.630. The average Bonchev–Trinajstić information content (AvgIpc) is 2.76. The van der Waals surface area contributed by atoms with Crippen LogP contribution in [-0.4, -0.2) is 51.8 Å². The molecule has 0 bridgehead atoms. The summed E-state index contributed by atoms with van der Waals surface area (Å²) in [5, 5.41) is 0.534. The maximum atomic E-state index is 12.8. The van der Waals surface area contributed by atoms with Gasteiger partial charge in [0.05, 0.1) is 12.5 Å². The number of rotatable bonds is 5. The molecule has 0 radical (unpaired) electrons. The van der Waals surface area contributed by atoms with Crippen LogP contribution in [0.5, 0.6) is 11.6 Å². The van der Waals surface area contributed by atoms with E-state index in [1.165, 1.54) is 19.3 Å². The normalized spacial score (nSPS) is 18.1. The maximum absolute atomic E-state index is 12.8. The second-order valence-electron chi connectivity index (χ2n) is 8.48. The molecule has 0 spiro atoms. The molecule has 1 aliphatic carbocycles. The molecular weight excluding hydrogens is 392 g/mol. The fourth-order valence-electron chi connectivity index (χ4n) is 4.55. The Bertz CT molecular complexity index is 1130. The third-order valence-corrected chi connectivity index (χ3v) is 6.64. The highest BCUT2D eigenvalue weighted by atomic mass is 16.5. The zero-order valence-corrected chi connectivity index (χ0v) is 18.1. The summed E-state index contributed by atoms with van der Waals surface area (Å²) in [6, 6.07) is 9.96. The summed E-state index contributed by atoms with van der Waals surface area (Å²) < 4.78 is 13.1. The number of likely N-dealkylation sites (tertiary alicyclic amines) is 1. The Labute approximate surface area is 181 Å². The van der Waals surface area contributed by atoms with Crippen molar-refractivity contribution in [3.8, 4) is 23.0 Å². The maximum Gasteiger partial charge on any atom is 0.261 e. The first-order valence-electron chi connectivity index (χ1n) is 11.0. The van der Waals surface area contributed by atoms with Crippen LogP contribution in [0.15, 0.2) is 41.3 Å². The minimum absolute atomic E-state index is 0.113.